The van der Waals surface area contributed by atoms with E-state index >= 15 is 0 Å². The van der Waals surface area contributed by atoms with Crippen molar-refractivity contribution in [3.8, 4) is 11.3 Å². The molecule has 2 aromatic heterocycles. The first-order chi connectivity index (χ1) is 13.6. The fourth-order valence-corrected chi connectivity index (χ4v) is 3.28. The van der Waals surface area contributed by atoms with Crippen molar-refractivity contribution in [1.82, 2.24) is 15.0 Å². The summed E-state index contributed by atoms with van der Waals surface area (Å²) in [6.07, 6.45) is -3.05. The van der Waals surface area contributed by atoms with Crippen LogP contribution in [-0.2, 0) is 5.54 Å². The number of benzene rings is 1. The number of nitrogens with one attached hydrogen (secondary N) is 2. The van der Waals surface area contributed by atoms with Crippen LogP contribution in [0.2, 0.25) is 0 Å². The second kappa shape index (κ2) is 6.45. The van der Waals surface area contributed by atoms with Gasteiger partial charge in [0.15, 0.2) is 0 Å². The Bertz CT molecular complexity index is 1120. The Morgan fingerprint density at radius 3 is 2.69 bits per heavy atom. The molecule has 10 heteroatoms. The number of aromatic amines is 1. The molecule has 0 atom stereocenters. The van der Waals surface area contributed by atoms with Gasteiger partial charge >= 0.3 is 12.1 Å². The SMILES string of the molecule is Cc1nc2cccc(-c3cc(C(=O)O)c(C4(N)CC4)[nH]3)c2nc1NCC(F)(F)F. The summed E-state index contributed by atoms with van der Waals surface area (Å²) in [7, 11) is 0. The van der Waals surface area contributed by atoms with Gasteiger partial charge in [-0.3, -0.25) is 0 Å². The van der Waals surface area contributed by atoms with E-state index in [0.29, 0.717) is 46.5 Å². The number of H-pyrrole nitrogens is 1. The first-order valence-corrected chi connectivity index (χ1v) is 8.91. The second-order valence-corrected chi connectivity index (χ2v) is 7.23. The predicted molar refractivity (Wildman–Crippen MR) is 101 cm³/mol. The van der Waals surface area contributed by atoms with E-state index in [0.717, 1.165) is 0 Å². The van der Waals surface area contributed by atoms with Crippen LogP contribution in [0.5, 0.6) is 0 Å². The van der Waals surface area contributed by atoms with Gasteiger partial charge in [0.05, 0.1) is 28.0 Å². The summed E-state index contributed by atoms with van der Waals surface area (Å²) in [6.45, 7) is 0.333. The lowest BCUT2D eigenvalue weighted by atomic mass is 10.1. The number of carbonyl (C=O) groups is 1. The number of carboxylic acid groups (broad SMARTS) is 1. The van der Waals surface area contributed by atoms with Crippen LogP contribution in [-0.4, -0.2) is 38.7 Å². The number of carboxylic acids is 1. The minimum absolute atomic E-state index is 0.0185. The molecule has 3 aromatic rings. The number of hydrogen-bond donors (Lipinski definition) is 4. The third-order valence-electron chi connectivity index (χ3n) is 4.95. The lowest BCUT2D eigenvalue weighted by Crippen LogP contribution is -2.22. The molecule has 5 N–H and O–H groups in total. The molecular weight excluding hydrogens is 387 g/mol. The van der Waals surface area contributed by atoms with E-state index in [4.69, 9.17) is 5.73 Å². The number of nitrogens with two attached hydrogens (primary N) is 1. The first-order valence-electron chi connectivity index (χ1n) is 8.91. The molecule has 1 aromatic carbocycles. The van der Waals surface area contributed by atoms with E-state index in [1.54, 1.807) is 25.1 Å². The second-order valence-electron chi connectivity index (χ2n) is 7.23. The molecule has 1 fully saturated rings. The molecule has 1 saturated carbocycles. The summed E-state index contributed by atoms with van der Waals surface area (Å²) in [5, 5.41) is 11.8. The molecule has 0 radical (unpaired) electrons. The highest BCUT2D eigenvalue weighted by atomic mass is 19.4. The summed E-state index contributed by atoms with van der Waals surface area (Å²) in [5.74, 6) is -1.08. The van der Waals surface area contributed by atoms with Gasteiger partial charge in [-0.05, 0) is 31.9 Å². The number of fused-ring (bicyclic) bond motifs is 1. The van der Waals surface area contributed by atoms with E-state index < -0.39 is 24.2 Å². The molecule has 152 valence electrons. The molecule has 0 unspecified atom stereocenters. The Hall–Kier alpha value is -3.14. The average Bonchev–Trinajstić information content (AvgIpc) is 3.22. The Morgan fingerprint density at radius 2 is 2.07 bits per heavy atom. The van der Waals surface area contributed by atoms with E-state index in [1.807, 2.05) is 0 Å². The number of aryl methyl sites for hydroxylation is 1. The normalized spacial score (nSPS) is 15.5. The van der Waals surface area contributed by atoms with Crippen LogP contribution in [0, 0.1) is 6.92 Å². The number of hydrogen-bond acceptors (Lipinski definition) is 5. The lowest BCUT2D eigenvalue weighted by Gasteiger charge is -2.13. The summed E-state index contributed by atoms with van der Waals surface area (Å²) >= 11 is 0. The largest absolute Gasteiger partial charge is 0.478 e. The molecule has 1 aliphatic carbocycles. The fraction of sp³-hybridized carbons (Fsp3) is 0.316. The Labute approximate surface area is 163 Å². The quantitative estimate of drug-likeness (QED) is 0.516. The van der Waals surface area contributed by atoms with Gasteiger partial charge in [0, 0.05) is 11.3 Å². The molecule has 7 nitrogen and oxygen atoms in total. The Balaban J connectivity index is 1.83. The van der Waals surface area contributed by atoms with Gasteiger partial charge < -0.3 is 21.1 Å². The van der Waals surface area contributed by atoms with Crippen LogP contribution in [0.1, 0.15) is 34.6 Å². The minimum Gasteiger partial charge on any atom is -0.478 e. The van der Waals surface area contributed by atoms with Gasteiger partial charge in [-0.1, -0.05) is 12.1 Å². The number of alkyl halides is 3. The standard InChI is InChI=1S/C19H18F3N5O2/c1-9-16(24-8-19(20,21)22)27-14-10(3-2-4-12(14)25-9)13-7-11(17(28)29)15(26-13)18(23)5-6-18/h2-4,7,26H,5-6,8,23H2,1H3,(H,24,27)(H,28,29). The lowest BCUT2D eigenvalue weighted by molar-refractivity contribution is -0.115. The maximum Gasteiger partial charge on any atom is 0.405 e. The van der Waals surface area contributed by atoms with E-state index in [2.05, 4.69) is 20.3 Å². The van der Waals surface area contributed by atoms with E-state index in [-0.39, 0.29) is 11.4 Å². The van der Waals surface area contributed by atoms with Crippen molar-refractivity contribution < 1.29 is 23.1 Å². The molecular formula is C19H18F3N5O2. The topological polar surface area (TPSA) is 117 Å². The zero-order chi connectivity index (χ0) is 21.0. The molecule has 2 heterocycles. The highest BCUT2D eigenvalue weighted by Crippen LogP contribution is 2.45. The number of para-hydroxylation sites is 1. The summed E-state index contributed by atoms with van der Waals surface area (Å²) in [5.41, 5.74) is 8.19. The molecule has 29 heavy (non-hydrogen) atoms. The number of aromatic nitrogens is 3. The zero-order valence-corrected chi connectivity index (χ0v) is 15.4. The van der Waals surface area contributed by atoms with Crippen molar-refractivity contribution in [3.05, 3.63) is 41.2 Å². The van der Waals surface area contributed by atoms with Crippen molar-refractivity contribution in [2.75, 3.05) is 11.9 Å². The molecule has 0 spiro atoms. The molecule has 0 amide bonds. The van der Waals surface area contributed by atoms with Gasteiger partial charge in [0.1, 0.15) is 17.9 Å². The first kappa shape index (κ1) is 19.2. The van der Waals surface area contributed by atoms with Crippen LogP contribution in [0.15, 0.2) is 24.3 Å². The molecule has 1 aliphatic rings. The van der Waals surface area contributed by atoms with Gasteiger partial charge in [0.25, 0.3) is 0 Å². The number of aromatic carboxylic acids is 1. The van der Waals surface area contributed by atoms with Crippen molar-refractivity contribution in [2.24, 2.45) is 5.73 Å². The third kappa shape index (κ3) is 3.63. The molecule has 4 rings (SSSR count). The number of halogens is 3. The van der Waals surface area contributed by atoms with Gasteiger partial charge in [-0.2, -0.15) is 13.2 Å². The highest BCUT2D eigenvalue weighted by Gasteiger charge is 2.44. The monoisotopic (exact) mass is 405 g/mol. The zero-order valence-electron chi connectivity index (χ0n) is 15.4. The Kier molecular flexibility index (Phi) is 4.26. The molecule has 0 saturated heterocycles. The smallest absolute Gasteiger partial charge is 0.405 e. The van der Waals surface area contributed by atoms with Gasteiger partial charge in [0.2, 0.25) is 0 Å². The van der Waals surface area contributed by atoms with Crippen molar-refractivity contribution in [1.29, 1.82) is 0 Å². The summed E-state index contributed by atoms with van der Waals surface area (Å²) in [6, 6.07) is 6.60. The van der Waals surface area contributed by atoms with E-state index in [9.17, 15) is 23.1 Å². The van der Waals surface area contributed by atoms with Crippen LogP contribution in [0.4, 0.5) is 19.0 Å². The summed E-state index contributed by atoms with van der Waals surface area (Å²) < 4.78 is 37.8. The number of rotatable bonds is 5. The maximum absolute atomic E-state index is 12.6. The van der Waals surface area contributed by atoms with E-state index in [1.165, 1.54) is 6.07 Å². The van der Waals surface area contributed by atoms with Gasteiger partial charge in [-0.15, -0.1) is 0 Å². The Morgan fingerprint density at radius 1 is 1.34 bits per heavy atom. The van der Waals surface area contributed by atoms with Crippen LogP contribution >= 0.6 is 0 Å². The predicted octanol–water partition coefficient (Wildman–Crippen LogP) is 3.55. The van der Waals surface area contributed by atoms with Gasteiger partial charge in [-0.25, -0.2) is 14.8 Å². The highest BCUT2D eigenvalue weighted by molar-refractivity contribution is 5.96. The molecule has 0 bridgehead atoms. The number of nitrogens with zero attached hydrogens (tertiary/aromatic N) is 2. The third-order valence-corrected chi connectivity index (χ3v) is 4.95. The average molecular weight is 405 g/mol. The molecule has 0 aliphatic heterocycles. The van der Waals surface area contributed by atoms with Crippen LogP contribution in [0.3, 0.4) is 0 Å². The number of anilines is 1. The van der Waals surface area contributed by atoms with Crippen molar-refractivity contribution >= 4 is 22.8 Å². The van der Waals surface area contributed by atoms with Crippen molar-refractivity contribution in [2.45, 2.75) is 31.5 Å². The maximum atomic E-state index is 12.6. The minimum atomic E-state index is -4.40. The fourth-order valence-electron chi connectivity index (χ4n) is 3.28. The van der Waals surface area contributed by atoms with Crippen LogP contribution in [0.25, 0.3) is 22.3 Å². The van der Waals surface area contributed by atoms with Crippen LogP contribution < -0.4 is 11.1 Å². The summed E-state index contributed by atoms with van der Waals surface area (Å²) in [4.78, 5) is 23.4. The van der Waals surface area contributed by atoms with Crippen molar-refractivity contribution in [3.63, 3.8) is 0 Å².